The van der Waals surface area contributed by atoms with Crippen LogP contribution in [0.25, 0.3) is 6.08 Å². The second-order valence-corrected chi connectivity index (χ2v) is 11.0. The van der Waals surface area contributed by atoms with Crippen molar-refractivity contribution >= 4 is 12.0 Å². The van der Waals surface area contributed by atoms with Crippen LogP contribution < -0.4 is 5.32 Å². The number of amides is 1. The van der Waals surface area contributed by atoms with Crippen LogP contribution in [0.1, 0.15) is 59.1 Å². The lowest BCUT2D eigenvalue weighted by Crippen LogP contribution is -2.48. The van der Waals surface area contributed by atoms with Gasteiger partial charge in [0.2, 0.25) is 5.91 Å². The predicted octanol–water partition coefficient (Wildman–Crippen LogP) is 6.54. The fourth-order valence-electron chi connectivity index (χ4n) is 6.42. The summed E-state index contributed by atoms with van der Waals surface area (Å²) >= 11 is 0. The van der Waals surface area contributed by atoms with Gasteiger partial charge in [-0.05, 0) is 80.1 Å². The number of aryl methyl sites for hydroxylation is 2. The number of rotatable bonds is 7. The molecule has 1 spiro atoms. The molecule has 192 valence electrons. The molecule has 2 aliphatic rings. The summed E-state index contributed by atoms with van der Waals surface area (Å²) in [6, 6.07) is 21.5. The zero-order valence-corrected chi connectivity index (χ0v) is 22.1. The van der Waals surface area contributed by atoms with Crippen LogP contribution in [0.15, 0.2) is 72.8 Å². The topological polar surface area (TPSA) is 32.3 Å². The normalized spacial score (nSPS) is 21.7. The summed E-state index contributed by atoms with van der Waals surface area (Å²) in [4.78, 5) is 15.9. The molecule has 1 N–H and O–H groups in total. The van der Waals surface area contributed by atoms with Gasteiger partial charge in [0.1, 0.15) is 5.82 Å². The van der Waals surface area contributed by atoms with E-state index in [1.54, 1.807) is 12.1 Å². The highest BCUT2D eigenvalue weighted by Gasteiger charge is 2.43. The lowest BCUT2D eigenvalue weighted by molar-refractivity contribution is -0.123. The minimum atomic E-state index is -0.315. The molecule has 0 bridgehead atoms. The molecule has 1 heterocycles. The zero-order chi connectivity index (χ0) is 26.0. The van der Waals surface area contributed by atoms with Crippen molar-refractivity contribution in [3.05, 3.63) is 112 Å². The Bertz CT molecular complexity index is 1280. The molecule has 1 aliphatic heterocycles. The molecule has 4 heteroatoms. The summed E-state index contributed by atoms with van der Waals surface area (Å²) in [5, 5.41) is 3.15. The number of fused-ring (bicyclic) bond motifs is 2. The fraction of sp³-hybridized carbons (Fsp3) is 0.364. The van der Waals surface area contributed by atoms with Gasteiger partial charge in [-0.2, -0.15) is 0 Å². The van der Waals surface area contributed by atoms with Gasteiger partial charge in [-0.1, -0.05) is 84.8 Å². The van der Waals surface area contributed by atoms with Crippen molar-refractivity contribution in [1.29, 1.82) is 0 Å². The third-order valence-electron chi connectivity index (χ3n) is 8.35. The molecule has 3 aromatic rings. The van der Waals surface area contributed by atoms with Gasteiger partial charge in [-0.15, -0.1) is 0 Å². The van der Waals surface area contributed by atoms with Gasteiger partial charge in [-0.3, -0.25) is 4.79 Å². The molecule has 3 nitrogen and oxygen atoms in total. The van der Waals surface area contributed by atoms with E-state index >= 15 is 0 Å². The van der Waals surface area contributed by atoms with Crippen LogP contribution in [0.4, 0.5) is 4.39 Å². The highest BCUT2D eigenvalue weighted by molar-refractivity contribution is 5.83. The molecule has 0 radical (unpaired) electrons. The number of carbonyl (C=O) groups excluding carboxylic acids is 1. The average molecular weight is 497 g/mol. The standard InChI is InChI=1S/C33H37FN2O/c1-23-18-24(2)20-26(19-23)21-35-32(37)30(27-8-10-29(34)11-9-27)13-16-36-17-15-33(25(3)22-36)14-12-28-6-4-5-7-31(28)33/h4-12,14,18-20,25,30H,13,15-17,21-22H2,1-3H3,(H,35,37)/t25-,30?,33?/m0/s1. The number of hydrogen-bond acceptors (Lipinski definition) is 2. The van der Waals surface area contributed by atoms with Gasteiger partial charge >= 0.3 is 0 Å². The van der Waals surface area contributed by atoms with Crippen molar-refractivity contribution in [3.8, 4) is 0 Å². The van der Waals surface area contributed by atoms with Crippen LogP contribution in [-0.2, 0) is 16.8 Å². The summed E-state index contributed by atoms with van der Waals surface area (Å²) < 4.78 is 13.7. The SMILES string of the molecule is Cc1cc(C)cc(CNC(=O)C(CCN2CCC3(C=Cc4ccccc43)[C@@H](C)C2)c2ccc(F)cc2)c1. The molecule has 1 saturated heterocycles. The number of allylic oxidation sites excluding steroid dienone is 1. The lowest BCUT2D eigenvalue weighted by Gasteiger charge is -2.44. The highest BCUT2D eigenvalue weighted by Crippen LogP contribution is 2.46. The molecule has 3 atom stereocenters. The first-order valence-corrected chi connectivity index (χ1v) is 13.5. The fourth-order valence-corrected chi connectivity index (χ4v) is 6.42. The lowest BCUT2D eigenvalue weighted by atomic mass is 9.68. The van der Waals surface area contributed by atoms with Crippen molar-refractivity contribution < 1.29 is 9.18 Å². The molecule has 0 aromatic heterocycles. The highest BCUT2D eigenvalue weighted by atomic mass is 19.1. The summed E-state index contributed by atoms with van der Waals surface area (Å²) in [7, 11) is 0. The largest absolute Gasteiger partial charge is 0.351 e. The van der Waals surface area contributed by atoms with E-state index < -0.39 is 0 Å². The summed E-state index contributed by atoms with van der Waals surface area (Å²) in [6.45, 7) is 9.83. The van der Waals surface area contributed by atoms with Crippen LogP contribution in [0, 0.1) is 25.6 Å². The minimum absolute atomic E-state index is 0.0000471. The molecule has 2 unspecified atom stereocenters. The number of nitrogens with zero attached hydrogens (tertiary/aromatic N) is 1. The van der Waals surface area contributed by atoms with E-state index in [0.717, 1.165) is 37.2 Å². The zero-order valence-electron chi connectivity index (χ0n) is 22.1. The first kappa shape index (κ1) is 25.4. The third-order valence-corrected chi connectivity index (χ3v) is 8.35. The Kier molecular flexibility index (Phi) is 7.30. The van der Waals surface area contributed by atoms with Crippen molar-refractivity contribution in [1.82, 2.24) is 10.2 Å². The molecule has 3 aromatic carbocycles. The van der Waals surface area contributed by atoms with Crippen molar-refractivity contribution in [3.63, 3.8) is 0 Å². The molecule has 1 amide bonds. The van der Waals surface area contributed by atoms with Crippen molar-refractivity contribution in [2.45, 2.75) is 51.5 Å². The number of nitrogens with one attached hydrogen (secondary N) is 1. The van der Waals surface area contributed by atoms with Gasteiger partial charge in [0, 0.05) is 18.5 Å². The second-order valence-electron chi connectivity index (χ2n) is 11.0. The maximum atomic E-state index is 13.7. The van der Waals surface area contributed by atoms with Crippen LogP contribution in [-0.4, -0.2) is 30.4 Å². The first-order chi connectivity index (χ1) is 17.8. The molecule has 37 heavy (non-hydrogen) atoms. The molecule has 1 fully saturated rings. The molecular formula is C33H37FN2O. The van der Waals surface area contributed by atoms with Crippen LogP contribution in [0.5, 0.6) is 0 Å². The predicted molar refractivity (Wildman–Crippen MR) is 149 cm³/mol. The quantitative estimate of drug-likeness (QED) is 0.403. The van der Waals surface area contributed by atoms with E-state index in [9.17, 15) is 9.18 Å². The van der Waals surface area contributed by atoms with E-state index in [0.29, 0.717) is 18.9 Å². The second kappa shape index (κ2) is 10.6. The Morgan fingerprint density at radius 2 is 1.81 bits per heavy atom. The number of piperidine rings is 1. The Labute approximate surface area is 220 Å². The van der Waals surface area contributed by atoms with E-state index in [2.05, 4.69) is 85.6 Å². The Balaban J connectivity index is 1.25. The van der Waals surface area contributed by atoms with E-state index in [1.165, 1.54) is 34.4 Å². The van der Waals surface area contributed by atoms with Gasteiger partial charge in [0.15, 0.2) is 0 Å². The Morgan fingerprint density at radius 1 is 1.08 bits per heavy atom. The van der Waals surface area contributed by atoms with Crippen LogP contribution in [0.3, 0.4) is 0 Å². The Hall–Kier alpha value is -3.24. The van der Waals surface area contributed by atoms with Crippen LogP contribution in [0.2, 0.25) is 0 Å². The van der Waals surface area contributed by atoms with Crippen LogP contribution >= 0.6 is 0 Å². The Morgan fingerprint density at radius 3 is 2.54 bits per heavy atom. The molecular weight excluding hydrogens is 459 g/mol. The van der Waals surface area contributed by atoms with E-state index in [4.69, 9.17) is 0 Å². The maximum absolute atomic E-state index is 13.7. The number of hydrogen-bond donors (Lipinski definition) is 1. The van der Waals surface area contributed by atoms with Gasteiger partial charge in [0.25, 0.3) is 0 Å². The summed E-state index contributed by atoms with van der Waals surface area (Å²) in [5.74, 6) is -0.105. The van der Waals surface area contributed by atoms with E-state index in [-0.39, 0.29) is 23.1 Å². The smallest absolute Gasteiger partial charge is 0.227 e. The third kappa shape index (κ3) is 5.40. The molecule has 0 saturated carbocycles. The van der Waals surface area contributed by atoms with E-state index in [1.807, 2.05) is 0 Å². The summed E-state index contributed by atoms with van der Waals surface area (Å²) in [5.41, 5.74) is 7.27. The minimum Gasteiger partial charge on any atom is -0.351 e. The van der Waals surface area contributed by atoms with Gasteiger partial charge < -0.3 is 10.2 Å². The van der Waals surface area contributed by atoms with Gasteiger partial charge in [-0.25, -0.2) is 4.39 Å². The number of carbonyl (C=O) groups is 1. The molecule has 1 aliphatic carbocycles. The van der Waals surface area contributed by atoms with Crippen molar-refractivity contribution in [2.75, 3.05) is 19.6 Å². The average Bonchev–Trinajstić information content (AvgIpc) is 3.25. The van der Waals surface area contributed by atoms with Gasteiger partial charge in [0.05, 0.1) is 5.92 Å². The number of likely N-dealkylation sites (tertiary alicyclic amines) is 1. The first-order valence-electron chi connectivity index (χ1n) is 13.5. The molecule has 5 rings (SSSR count). The maximum Gasteiger partial charge on any atom is 0.227 e. The monoisotopic (exact) mass is 496 g/mol. The van der Waals surface area contributed by atoms with Crippen molar-refractivity contribution in [2.24, 2.45) is 5.92 Å². The number of benzene rings is 3. The summed E-state index contributed by atoms with van der Waals surface area (Å²) in [6.07, 6.45) is 6.49. The number of halogens is 1.